The summed E-state index contributed by atoms with van der Waals surface area (Å²) >= 11 is 0. The predicted octanol–water partition coefficient (Wildman–Crippen LogP) is 11.3. The Hall–Kier alpha value is -2.34. The van der Waals surface area contributed by atoms with Gasteiger partial charge in [0.2, 0.25) is 0 Å². The molecule has 0 saturated heterocycles. The van der Waals surface area contributed by atoms with E-state index in [1.165, 1.54) is 54.4 Å². The zero-order chi connectivity index (χ0) is 26.2. The molecule has 0 heteroatoms. The van der Waals surface area contributed by atoms with Crippen LogP contribution in [0, 0.1) is 33.1 Å². The molecule has 1 fully saturated rings. The van der Waals surface area contributed by atoms with Crippen LogP contribution >= 0.6 is 0 Å². The first-order valence-corrected chi connectivity index (χ1v) is 13.1. The molecule has 1 aliphatic rings. The third-order valence-corrected chi connectivity index (χ3v) is 4.10. The maximum atomic E-state index is 2.19. The van der Waals surface area contributed by atoms with Crippen LogP contribution in [0.15, 0.2) is 84.9 Å². The number of benzene rings is 3. The Morgan fingerprint density at radius 1 is 0.441 bits per heavy atom. The molecule has 0 nitrogen and oxygen atoms in total. The third kappa shape index (κ3) is 31.8. The maximum Gasteiger partial charge on any atom is -0.0398 e. The maximum absolute atomic E-state index is 2.19. The van der Waals surface area contributed by atoms with Gasteiger partial charge >= 0.3 is 0 Å². The van der Waals surface area contributed by atoms with E-state index in [1.54, 1.807) is 0 Å². The van der Waals surface area contributed by atoms with E-state index in [0.29, 0.717) is 5.41 Å². The summed E-state index contributed by atoms with van der Waals surface area (Å²) in [6.07, 6.45) is 7.25. The Bertz CT molecular complexity index is 689. The van der Waals surface area contributed by atoms with E-state index in [-0.39, 0.29) is 0 Å². The van der Waals surface area contributed by atoms with Gasteiger partial charge in [-0.3, -0.25) is 0 Å². The van der Waals surface area contributed by atoms with Gasteiger partial charge in [-0.15, -0.1) is 0 Å². The summed E-state index contributed by atoms with van der Waals surface area (Å²) in [5, 5.41) is 0. The van der Waals surface area contributed by atoms with Crippen LogP contribution in [0.25, 0.3) is 0 Å². The van der Waals surface area contributed by atoms with Gasteiger partial charge in [0.05, 0.1) is 0 Å². The van der Waals surface area contributed by atoms with Crippen LogP contribution in [-0.4, -0.2) is 0 Å². The van der Waals surface area contributed by atoms with Crippen LogP contribution in [0.4, 0.5) is 0 Å². The number of rotatable bonds is 0. The van der Waals surface area contributed by atoms with Gasteiger partial charge < -0.3 is 0 Å². The summed E-state index contributed by atoms with van der Waals surface area (Å²) in [4.78, 5) is 0. The fourth-order valence-electron chi connectivity index (χ4n) is 1.96. The average Bonchev–Trinajstić information content (AvgIpc) is 2.71. The lowest BCUT2D eigenvalue weighted by atomic mass is 10.0. The van der Waals surface area contributed by atoms with Gasteiger partial charge in [-0.05, 0) is 33.1 Å². The van der Waals surface area contributed by atoms with Gasteiger partial charge in [0, 0.05) is 0 Å². The summed E-state index contributed by atoms with van der Waals surface area (Å²) < 4.78 is 0. The highest BCUT2D eigenvalue weighted by atomic mass is 14.0. The van der Waals surface area contributed by atoms with Crippen molar-refractivity contribution in [2.45, 2.75) is 101 Å². The largest absolute Gasteiger partial charge is 0.0656 e. The number of hydrogen-bond acceptors (Lipinski definition) is 0. The van der Waals surface area contributed by atoms with E-state index >= 15 is 0 Å². The van der Waals surface area contributed by atoms with Gasteiger partial charge in [0.25, 0.3) is 0 Å². The SMILES string of the molecule is C1CCC1.CC(C)(C)C.CCC.Cc1ccc(C)cc1.Cc1ccccc1.Cc1ccccc1. The first kappa shape index (κ1) is 33.8. The molecule has 0 bridgehead atoms. The van der Waals surface area contributed by atoms with Gasteiger partial charge in [0.15, 0.2) is 0 Å². The smallest absolute Gasteiger partial charge is 0.0398 e. The van der Waals surface area contributed by atoms with Crippen molar-refractivity contribution >= 4 is 0 Å². The van der Waals surface area contributed by atoms with Crippen molar-refractivity contribution in [3.63, 3.8) is 0 Å². The molecule has 0 unspecified atom stereocenters. The topological polar surface area (TPSA) is 0 Å². The van der Waals surface area contributed by atoms with Gasteiger partial charge in [0.1, 0.15) is 0 Å². The van der Waals surface area contributed by atoms with Crippen molar-refractivity contribution < 1.29 is 0 Å². The Balaban J connectivity index is 0. The molecule has 1 saturated carbocycles. The molecular formula is C34H54. The third-order valence-electron chi connectivity index (χ3n) is 4.10. The fourth-order valence-corrected chi connectivity index (χ4v) is 1.96. The molecule has 0 N–H and O–H groups in total. The van der Waals surface area contributed by atoms with E-state index in [0.717, 1.165) is 0 Å². The van der Waals surface area contributed by atoms with Crippen molar-refractivity contribution in [2.75, 3.05) is 0 Å². The quantitative estimate of drug-likeness (QED) is 0.311. The molecule has 0 spiro atoms. The van der Waals surface area contributed by atoms with E-state index in [2.05, 4.69) is 118 Å². The molecule has 3 aromatic carbocycles. The summed E-state index contributed by atoms with van der Waals surface area (Å²) in [5.74, 6) is 0. The van der Waals surface area contributed by atoms with Crippen molar-refractivity contribution in [2.24, 2.45) is 5.41 Å². The summed E-state index contributed by atoms with van der Waals surface area (Å²) in [5.41, 5.74) is 5.80. The predicted molar refractivity (Wildman–Crippen MR) is 158 cm³/mol. The van der Waals surface area contributed by atoms with Crippen LogP contribution in [0.1, 0.15) is 95.9 Å². The minimum Gasteiger partial charge on any atom is -0.0656 e. The standard InChI is InChI=1S/C8H10.2C7H8.C5H12.C4H8.C3H8/c1-7-3-5-8(2)6-4-7;2*1-7-5-3-2-4-6-7;1-5(2,3)4;1-2-4-3-1;1-3-2/h3-6H,1-2H3;2*2-6H,1H3;1-4H3;1-4H2;3H2,1-2H3. The molecule has 190 valence electrons. The van der Waals surface area contributed by atoms with Gasteiger partial charge in [-0.1, -0.05) is 181 Å². The van der Waals surface area contributed by atoms with Gasteiger partial charge in [-0.25, -0.2) is 0 Å². The minimum atomic E-state index is 0.500. The molecular weight excluding hydrogens is 408 g/mol. The highest BCUT2D eigenvalue weighted by molar-refractivity contribution is 5.19. The Morgan fingerprint density at radius 3 is 0.735 bits per heavy atom. The molecule has 0 radical (unpaired) electrons. The zero-order valence-corrected chi connectivity index (χ0v) is 24.1. The van der Waals surface area contributed by atoms with Crippen LogP contribution in [0.5, 0.6) is 0 Å². The second-order valence-electron chi connectivity index (χ2n) is 10.6. The molecule has 0 heterocycles. The van der Waals surface area contributed by atoms with Crippen molar-refractivity contribution in [1.29, 1.82) is 0 Å². The molecule has 0 amide bonds. The zero-order valence-electron chi connectivity index (χ0n) is 24.1. The number of aryl methyl sites for hydroxylation is 4. The van der Waals surface area contributed by atoms with E-state index in [9.17, 15) is 0 Å². The van der Waals surface area contributed by atoms with Crippen LogP contribution < -0.4 is 0 Å². The van der Waals surface area contributed by atoms with Crippen LogP contribution in [0.2, 0.25) is 0 Å². The summed E-state index contributed by atoms with van der Waals surface area (Å²) in [7, 11) is 0. The first-order valence-electron chi connectivity index (χ1n) is 13.1. The molecule has 0 aromatic heterocycles. The Labute approximate surface area is 213 Å². The van der Waals surface area contributed by atoms with Crippen molar-refractivity contribution in [3.8, 4) is 0 Å². The van der Waals surface area contributed by atoms with E-state index < -0.39 is 0 Å². The normalized spacial score (nSPS) is 10.9. The average molecular weight is 463 g/mol. The van der Waals surface area contributed by atoms with E-state index in [4.69, 9.17) is 0 Å². The van der Waals surface area contributed by atoms with E-state index in [1.807, 2.05) is 36.4 Å². The van der Waals surface area contributed by atoms with Crippen molar-refractivity contribution in [3.05, 3.63) is 107 Å². The monoisotopic (exact) mass is 462 g/mol. The van der Waals surface area contributed by atoms with Gasteiger partial charge in [-0.2, -0.15) is 0 Å². The summed E-state index contributed by atoms with van der Waals surface area (Å²) in [6.45, 7) is 21.4. The highest BCUT2D eigenvalue weighted by Crippen LogP contribution is 2.15. The molecule has 0 aliphatic heterocycles. The molecule has 34 heavy (non-hydrogen) atoms. The lowest BCUT2D eigenvalue weighted by Gasteiger charge is -2.05. The lowest BCUT2D eigenvalue weighted by Crippen LogP contribution is -1.93. The molecule has 0 atom stereocenters. The first-order chi connectivity index (χ1) is 16.0. The highest BCUT2D eigenvalue weighted by Gasteiger charge is 1.95. The Kier molecular flexibility index (Phi) is 22.3. The van der Waals surface area contributed by atoms with Crippen LogP contribution in [0.3, 0.4) is 0 Å². The molecule has 1 aliphatic carbocycles. The summed E-state index contributed by atoms with van der Waals surface area (Å²) in [6, 6.07) is 29.0. The second-order valence-corrected chi connectivity index (χ2v) is 10.6. The number of hydrogen-bond donors (Lipinski definition) is 0. The van der Waals surface area contributed by atoms with Crippen LogP contribution in [-0.2, 0) is 0 Å². The Morgan fingerprint density at radius 2 is 0.618 bits per heavy atom. The second kappa shape index (κ2) is 22.5. The minimum absolute atomic E-state index is 0.500. The fraction of sp³-hybridized carbons (Fsp3) is 0.471. The lowest BCUT2D eigenvalue weighted by molar-refractivity contribution is 0.469. The molecule has 4 rings (SSSR count). The molecule has 3 aromatic rings. The van der Waals surface area contributed by atoms with Crippen molar-refractivity contribution in [1.82, 2.24) is 0 Å².